The third kappa shape index (κ3) is 6.15. The molecule has 182 valence electrons. The Hall–Kier alpha value is -4.92. The van der Waals surface area contributed by atoms with Gasteiger partial charge in [0.2, 0.25) is 0 Å². The van der Waals surface area contributed by atoms with E-state index in [2.05, 4.69) is 5.32 Å². The lowest BCUT2D eigenvalue weighted by atomic mass is 10.1. The van der Waals surface area contributed by atoms with Gasteiger partial charge in [-0.3, -0.25) is 19.7 Å². The lowest BCUT2D eigenvalue weighted by Crippen LogP contribution is -2.11. The number of aryl methyl sites for hydroxylation is 1. The van der Waals surface area contributed by atoms with Crippen molar-refractivity contribution in [2.24, 2.45) is 0 Å². The molecule has 1 aromatic heterocycles. The number of ether oxygens (including phenoxy) is 2. The first-order chi connectivity index (χ1) is 17.3. The van der Waals surface area contributed by atoms with Crippen LogP contribution in [0.5, 0.6) is 17.2 Å². The van der Waals surface area contributed by atoms with E-state index in [1.165, 1.54) is 31.2 Å². The van der Waals surface area contributed by atoms with Crippen LogP contribution in [0.2, 0.25) is 0 Å². The molecule has 1 N–H and O–H groups in total. The van der Waals surface area contributed by atoms with Crippen molar-refractivity contribution in [2.75, 3.05) is 5.32 Å². The summed E-state index contributed by atoms with van der Waals surface area (Å²) in [6.07, 6.45) is 0. The van der Waals surface area contributed by atoms with Gasteiger partial charge < -0.3 is 19.2 Å². The highest BCUT2D eigenvalue weighted by Crippen LogP contribution is 2.30. The lowest BCUT2D eigenvalue weighted by molar-refractivity contribution is -0.384. The van der Waals surface area contributed by atoms with Crippen molar-refractivity contribution in [2.45, 2.75) is 20.5 Å². The molecule has 0 bridgehead atoms. The Balaban J connectivity index is 1.43. The molecule has 0 spiro atoms. The van der Waals surface area contributed by atoms with E-state index in [9.17, 15) is 19.7 Å². The van der Waals surface area contributed by atoms with E-state index in [1.807, 2.05) is 19.1 Å². The van der Waals surface area contributed by atoms with E-state index in [4.69, 9.17) is 13.9 Å². The standard InChI is InChI=1S/C27H22N2O7/c1-17-4-3-5-23(12-17)35-25-14-20(13-21(15-25)29(32)33)28-27(31)26-11-10-24(36-26)16-34-22-8-6-19(7-9-22)18(2)30/h3-15H,16H2,1-2H3,(H,28,31). The zero-order valence-corrected chi connectivity index (χ0v) is 19.5. The molecule has 1 heterocycles. The number of non-ortho nitro benzene ring substituents is 1. The van der Waals surface area contributed by atoms with Crippen molar-refractivity contribution < 1.29 is 28.4 Å². The Kier molecular flexibility index (Phi) is 7.10. The third-order valence-electron chi connectivity index (χ3n) is 5.11. The molecule has 36 heavy (non-hydrogen) atoms. The number of benzene rings is 3. The number of Topliss-reactive ketones (excluding diaryl/α,β-unsaturated/α-hetero) is 1. The predicted octanol–water partition coefficient (Wildman–Crippen LogP) is 6.32. The molecule has 0 atom stereocenters. The van der Waals surface area contributed by atoms with Gasteiger partial charge in [0.25, 0.3) is 11.6 Å². The van der Waals surface area contributed by atoms with E-state index in [-0.39, 0.29) is 35.3 Å². The molecule has 0 aliphatic carbocycles. The molecule has 0 saturated carbocycles. The number of anilines is 1. The normalized spacial score (nSPS) is 10.5. The van der Waals surface area contributed by atoms with Crippen LogP contribution in [0, 0.1) is 17.0 Å². The van der Waals surface area contributed by atoms with Crippen LogP contribution >= 0.6 is 0 Å². The van der Waals surface area contributed by atoms with Crippen LogP contribution in [0.3, 0.4) is 0 Å². The number of nitro benzene ring substituents is 1. The monoisotopic (exact) mass is 486 g/mol. The summed E-state index contributed by atoms with van der Waals surface area (Å²) in [5, 5.41) is 14.0. The Morgan fingerprint density at radius 1 is 0.944 bits per heavy atom. The third-order valence-corrected chi connectivity index (χ3v) is 5.11. The van der Waals surface area contributed by atoms with Crippen LogP contribution in [0.15, 0.2) is 83.3 Å². The Morgan fingerprint density at radius 3 is 2.42 bits per heavy atom. The summed E-state index contributed by atoms with van der Waals surface area (Å²) in [4.78, 5) is 34.9. The number of nitrogens with one attached hydrogen (secondary N) is 1. The Morgan fingerprint density at radius 2 is 1.72 bits per heavy atom. The second-order valence-electron chi connectivity index (χ2n) is 7.98. The highest BCUT2D eigenvalue weighted by atomic mass is 16.6. The largest absolute Gasteiger partial charge is 0.486 e. The average molecular weight is 486 g/mol. The van der Waals surface area contributed by atoms with Gasteiger partial charge in [0.05, 0.1) is 16.7 Å². The van der Waals surface area contributed by atoms with Crippen LogP contribution in [0.1, 0.15) is 39.2 Å². The lowest BCUT2D eigenvalue weighted by Gasteiger charge is -2.09. The van der Waals surface area contributed by atoms with Crippen molar-refractivity contribution in [1.82, 2.24) is 0 Å². The minimum atomic E-state index is -0.589. The Labute approximate surface area is 206 Å². The molecule has 4 aromatic rings. The maximum absolute atomic E-state index is 12.7. The summed E-state index contributed by atoms with van der Waals surface area (Å²) < 4.78 is 17.0. The molecule has 1 amide bonds. The second-order valence-corrected chi connectivity index (χ2v) is 7.98. The van der Waals surface area contributed by atoms with E-state index in [0.717, 1.165) is 5.56 Å². The molecule has 0 aliphatic heterocycles. The van der Waals surface area contributed by atoms with Gasteiger partial charge in [-0.05, 0) is 67.9 Å². The van der Waals surface area contributed by atoms with Gasteiger partial charge in [-0.2, -0.15) is 0 Å². The first kappa shape index (κ1) is 24.2. The van der Waals surface area contributed by atoms with Crippen molar-refractivity contribution in [3.8, 4) is 17.2 Å². The molecule has 0 radical (unpaired) electrons. The minimum Gasteiger partial charge on any atom is -0.486 e. The van der Waals surface area contributed by atoms with Crippen molar-refractivity contribution in [3.05, 3.63) is 112 Å². The fraction of sp³-hybridized carbons (Fsp3) is 0.111. The fourth-order valence-corrected chi connectivity index (χ4v) is 3.35. The molecule has 0 fully saturated rings. The van der Waals surface area contributed by atoms with Crippen molar-refractivity contribution in [1.29, 1.82) is 0 Å². The first-order valence-electron chi connectivity index (χ1n) is 10.9. The summed E-state index contributed by atoms with van der Waals surface area (Å²) in [7, 11) is 0. The Bertz CT molecular complexity index is 1420. The zero-order chi connectivity index (χ0) is 25.7. The predicted molar refractivity (Wildman–Crippen MR) is 132 cm³/mol. The number of hydrogen-bond acceptors (Lipinski definition) is 7. The first-order valence-corrected chi connectivity index (χ1v) is 10.9. The SMILES string of the molecule is CC(=O)c1ccc(OCc2ccc(C(=O)Nc3cc(Oc4cccc(C)c4)cc([N+](=O)[O-])c3)o2)cc1. The van der Waals surface area contributed by atoms with Gasteiger partial charge in [-0.25, -0.2) is 0 Å². The van der Waals surface area contributed by atoms with Gasteiger partial charge in [0.15, 0.2) is 11.5 Å². The smallest absolute Gasteiger partial charge is 0.291 e. The van der Waals surface area contributed by atoms with Crippen LogP contribution < -0.4 is 14.8 Å². The second kappa shape index (κ2) is 10.6. The molecule has 3 aromatic carbocycles. The number of rotatable bonds is 9. The number of furan rings is 1. The quantitative estimate of drug-likeness (QED) is 0.167. The number of carbonyl (C=O) groups is 2. The zero-order valence-electron chi connectivity index (χ0n) is 19.5. The van der Waals surface area contributed by atoms with E-state index < -0.39 is 10.8 Å². The van der Waals surface area contributed by atoms with Gasteiger partial charge in [-0.15, -0.1) is 0 Å². The molecule has 0 aliphatic rings. The topological polar surface area (TPSA) is 121 Å². The van der Waals surface area contributed by atoms with Gasteiger partial charge in [0.1, 0.15) is 29.6 Å². The number of hydrogen-bond donors (Lipinski definition) is 1. The van der Waals surface area contributed by atoms with Crippen LogP contribution in [-0.2, 0) is 6.61 Å². The summed E-state index contributed by atoms with van der Waals surface area (Å²) in [6.45, 7) is 3.45. The van der Waals surface area contributed by atoms with Crippen LogP contribution in [0.4, 0.5) is 11.4 Å². The van der Waals surface area contributed by atoms with E-state index in [0.29, 0.717) is 22.8 Å². The minimum absolute atomic E-state index is 0.00758. The summed E-state index contributed by atoms with van der Waals surface area (Å²) >= 11 is 0. The number of nitrogens with zero attached hydrogens (tertiary/aromatic N) is 1. The average Bonchev–Trinajstić information content (AvgIpc) is 3.32. The van der Waals surface area contributed by atoms with Crippen LogP contribution in [0.25, 0.3) is 0 Å². The summed E-state index contributed by atoms with van der Waals surface area (Å²) in [5.41, 5.74) is 1.49. The highest BCUT2D eigenvalue weighted by Gasteiger charge is 2.16. The number of amides is 1. The number of ketones is 1. The van der Waals surface area contributed by atoms with Crippen molar-refractivity contribution >= 4 is 23.1 Å². The highest BCUT2D eigenvalue weighted by molar-refractivity contribution is 6.02. The van der Waals surface area contributed by atoms with Crippen LogP contribution in [-0.4, -0.2) is 16.6 Å². The maximum atomic E-state index is 12.7. The number of nitro groups is 1. The molecule has 0 unspecified atom stereocenters. The molecular formula is C27H22N2O7. The summed E-state index contributed by atoms with van der Waals surface area (Å²) in [6, 6.07) is 21.0. The molecular weight excluding hydrogens is 464 g/mol. The summed E-state index contributed by atoms with van der Waals surface area (Å²) in [5.74, 6) is 1.04. The molecule has 9 heteroatoms. The van der Waals surface area contributed by atoms with E-state index in [1.54, 1.807) is 42.5 Å². The maximum Gasteiger partial charge on any atom is 0.291 e. The van der Waals surface area contributed by atoms with Gasteiger partial charge >= 0.3 is 0 Å². The number of carbonyl (C=O) groups excluding carboxylic acids is 2. The molecule has 9 nitrogen and oxygen atoms in total. The van der Waals surface area contributed by atoms with E-state index >= 15 is 0 Å². The molecule has 0 saturated heterocycles. The fourth-order valence-electron chi connectivity index (χ4n) is 3.35. The van der Waals surface area contributed by atoms with Crippen molar-refractivity contribution in [3.63, 3.8) is 0 Å². The molecule has 4 rings (SSSR count). The van der Waals surface area contributed by atoms with Gasteiger partial charge in [-0.1, -0.05) is 12.1 Å². The van der Waals surface area contributed by atoms with Gasteiger partial charge in [0, 0.05) is 17.7 Å².